The first-order valence-electron chi connectivity index (χ1n) is 8.00. The summed E-state index contributed by atoms with van der Waals surface area (Å²) in [5, 5.41) is 6.51. The first kappa shape index (κ1) is 16.3. The molecule has 2 N–H and O–H groups in total. The van der Waals surface area contributed by atoms with E-state index in [1.807, 2.05) is 0 Å². The third kappa shape index (κ3) is 7.41. The Morgan fingerprint density at radius 2 is 1.74 bits per heavy atom. The largest absolute Gasteiger partial charge is 0.357 e. The molecule has 1 aliphatic rings. The van der Waals surface area contributed by atoms with Gasteiger partial charge in [0, 0.05) is 19.6 Å². The maximum absolute atomic E-state index is 4.57. The molecule has 0 aromatic carbocycles. The van der Waals surface area contributed by atoms with E-state index in [1.54, 1.807) is 0 Å². The highest BCUT2D eigenvalue weighted by molar-refractivity contribution is 5.79. The van der Waals surface area contributed by atoms with Crippen molar-refractivity contribution >= 4 is 5.96 Å². The molecule has 0 aromatic heterocycles. The van der Waals surface area contributed by atoms with E-state index in [4.69, 9.17) is 0 Å². The smallest absolute Gasteiger partial charge is 0.191 e. The maximum Gasteiger partial charge on any atom is 0.191 e. The molecular weight excluding hydrogens is 236 g/mol. The highest BCUT2D eigenvalue weighted by Gasteiger charge is 2.14. The van der Waals surface area contributed by atoms with Crippen LogP contribution in [0.4, 0.5) is 0 Å². The second kappa shape index (κ2) is 10.1. The van der Waals surface area contributed by atoms with Crippen LogP contribution in [-0.2, 0) is 0 Å². The van der Waals surface area contributed by atoms with Crippen molar-refractivity contribution in [2.45, 2.75) is 46.5 Å². The van der Waals surface area contributed by atoms with Gasteiger partial charge in [0.25, 0.3) is 0 Å². The van der Waals surface area contributed by atoms with Gasteiger partial charge in [0.15, 0.2) is 5.96 Å². The molecular formula is C15H32N4. The number of rotatable bonds is 7. The fourth-order valence-corrected chi connectivity index (χ4v) is 2.43. The quantitative estimate of drug-likeness (QED) is 0.422. The SMILES string of the molecule is CCNC(=NCCCCN1CCC(C)CC1)NCC. The first-order chi connectivity index (χ1) is 9.26. The Bertz CT molecular complexity index is 237. The van der Waals surface area contributed by atoms with E-state index in [2.05, 4.69) is 41.3 Å². The summed E-state index contributed by atoms with van der Waals surface area (Å²) in [7, 11) is 0. The average Bonchev–Trinajstić information content (AvgIpc) is 2.41. The number of hydrogen-bond donors (Lipinski definition) is 2. The van der Waals surface area contributed by atoms with Crippen LogP contribution in [0.1, 0.15) is 46.5 Å². The maximum atomic E-state index is 4.57. The second-order valence-corrected chi connectivity index (χ2v) is 5.52. The molecule has 1 heterocycles. The molecule has 0 aromatic rings. The van der Waals surface area contributed by atoms with Crippen LogP contribution in [0.25, 0.3) is 0 Å². The zero-order valence-corrected chi connectivity index (χ0v) is 13.0. The lowest BCUT2D eigenvalue weighted by Crippen LogP contribution is -2.37. The van der Waals surface area contributed by atoms with E-state index in [0.29, 0.717) is 0 Å². The van der Waals surface area contributed by atoms with Crippen molar-refractivity contribution in [1.82, 2.24) is 15.5 Å². The molecule has 4 heteroatoms. The molecule has 0 radical (unpaired) electrons. The Labute approximate surface area is 119 Å². The van der Waals surface area contributed by atoms with E-state index in [1.165, 1.54) is 45.3 Å². The summed E-state index contributed by atoms with van der Waals surface area (Å²) in [6, 6.07) is 0. The minimum absolute atomic E-state index is 0.928. The summed E-state index contributed by atoms with van der Waals surface area (Å²) in [6.07, 6.45) is 5.21. The molecule has 0 atom stereocenters. The minimum Gasteiger partial charge on any atom is -0.357 e. The van der Waals surface area contributed by atoms with Gasteiger partial charge in [0.2, 0.25) is 0 Å². The van der Waals surface area contributed by atoms with E-state index >= 15 is 0 Å². The highest BCUT2D eigenvalue weighted by atomic mass is 15.2. The third-order valence-corrected chi connectivity index (χ3v) is 3.72. The van der Waals surface area contributed by atoms with Gasteiger partial charge in [-0.25, -0.2) is 0 Å². The number of nitrogens with one attached hydrogen (secondary N) is 2. The Balaban J connectivity index is 2.07. The summed E-state index contributed by atoms with van der Waals surface area (Å²) in [4.78, 5) is 7.18. The zero-order valence-electron chi connectivity index (χ0n) is 13.0. The van der Waals surface area contributed by atoms with Gasteiger partial charge in [0.05, 0.1) is 0 Å². The van der Waals surface area contributed by atoms with Gasteiger partial charge in [-0.2, -0.15) is 0 Å². The zero-order chi connectivity index (χ0) is 13.9. The van der Waals surface area contributed by atoms with Gasteiger partial charge in [0.1, 0.15) is 0 Å². The number of aliphatic imine (C=N–C) groups is 1. The van der Waals surface area contributed by atoms with Crippen molar-refractivity contribution in [2.75, 3.05) is 39.3 Å². The van der Waals surface area contributed by atoms with Crippen LogP contribution in [0.15, 0.2) is 4.99 Å². The van der Waals surface area contributed by atoms with Crippen LogP contribution in [0.5, 0.6) is 0 Å². The molecule has 4 nitrogen and oxygen atoms in total. The predicted octanol–water partition coefficient (Wildman–Crippen LogP) is 2.07. The van der Waals surface area contributed by atoms with Crippen molar-refractivity contribution in [2.24, 2.45) is 10.9 Å². The Hall–Kier alpha value is -0.770. The Morgan fingerprint density at radius 3 is 2.32 bits per heavy atom. The van der Waals surface area contributed by atoms with Crippen LogP contribution >= 0.6 is 0 Å². The van der Waals surface area contributed by atoms with Gasteiger partial charge in [-0.1, -0.05) is 6.92 Å². The number of likely N-dealkylation sites (tertiary alicyclic amines) is 1. The standard InChI is InChI=1S/C15H32N4/c1-4-16-15(17-5-2)18-10-6-7-11-19-12-8-14(3)9-13-19/h14H,4-13H2,1-3H3,(H2,16,17,18). The molecule has 1 aliphatic heterocycles. The average molecular weight is 268 g/mol. The lowest BCUT2D eigenvalue weighted by molar-refractivity contribution is 0.190. The summed E-state index contributed by atoms with van der Waals surface area (Å²) in [5.74, 6) is 1.89. The molecule has 0 unspecified atom stereocenters. The molecule has 0 bridgehead atoms. The number of nitrogens with zero attached hydrogens (tertiary/aromatic N) is 2. The summed E-state index contributed by atoms with van der Waals surface area (Å²) in [6.45, 7) is 13.2. The van der Waals surface area contributed by atoms with E-state index in [-0.39, 0.29) is 0 Å². The number of piperidine rings is 1. The topological polar surface area (TPSA) is 39.7 Å². The molecule has 112 valence electrons. The lowest BCUT2D eigenvalue weighted by Gasteiger charge is -2.30. The van der Waals surface area contributed by atoms with Gasteiger partial charge < -0.3 is 15.5 Å². The molecule has 1 saturated heterocycles. The van der Waals surface area contributed by atoms with Gasteiger partial charge in [-0.3, -0.25) is 4.99 Å². The van der Waals surface area contributed by atoms with Gasteiger partial charge >= 0.3 is 0 Å². The number of hydrogen-bond acceptors (Lipinski definition) is 2. The Kier molecular flexibility index (Phi) is 8.63. The molecule has 1 fully saturated rings. The lowest BCUT2D eigenvalue weighted by atomic mass is 9.99. The van der Waals surface area contributed by atoms with Crippen LogP contribution in [0.3, 0.4) is 0 Å². The van der Waals surface area contributed by atoms with Crippen LogP contribution in [0, 0.1) is 5.92 Å². The van der Waals surface area contributed by atoms with E-state index in [0.717, 1.165) is 31.5 Å². The molecule has 0 spiro atoms. The van der Waals surface area contributed by atoms with Crippen molar-refractivity contribution < 1.29 is 0 Å². The summed E-state index contributed by atoms with van der Waals surface area (Å²) >= 11 is 0. The van der Waals surface area contributed by atoms with Crippen molar-refractivity contribution in [3.63, 3.8) is 0 Å². The van der Waals surface area contributed by atoms with E-state index < -0.39 is 0 Å². The fraction of sp³-hybridized carbons (Fsp3) is 0.933. The van der Waals surface area contributed by atoms with Crippen molar-refractivity contribution in [3.8, 4) is 0 Å². The van der Waals surface area contributed by atoms with Gasteiger partial charge in [-0.15, -0.1) is 0 Å². The molecule has 19 heavy (non-hydrogen) atoms. The van der Waals surface area contributed by atoms with Crippen molar-refractivity contribution in [3.05, 3.63) is 0 Å². The molecule has 1 rings (SSSR count). The van der Waals surface area contributed by atoms with Gasteiger partial charge in [-0.05, 0) is 65.1 Å². The highest BCUT2D eigenvalue weighted by Crippen LogP contribution is 2.16. The van der Waals surface area contributed by atoms with Crippen molar-refractivity contribution in [1.29, 1.82) is 0 Å². The Morgan fingerprint density at radius 1 is 1.11 bits per heavy atom. The number of unbranched alkanes of at least 4 members (excludes halogenated alkanes) is 1. The van der Waals surface area contributed by atoms with Crippen LogP contribution in [-0.4, -0.2) is 50.1 Å². The van der Waals surface area contributed by atoms with Crippen LogP contribution < -0.4 is 10.6 Å². The summed E-state index contributed by atoms with van der Waals surface area (Å²) in [5.41, 5.74) is 0. The fourth-order valence-electron chi connectivity index (χ4n) is 2.43. The molecule has 0 amide bonds. The number of guanidine groups is 1. The normalized spacial score (nSPS) is 17.2. The molecule has 0 aliphatic carbocycles. The second-order valence-electron chi connectivity index (χ2n) is 5.52. The first-order valence-corrected chi connectivity index (χ1v) is 8.00. The minimum atomic E-state index is 0.928. The van der Waals surface area contributed by atoms with Crippen LogP contribution in [0.2, 0.25) is 0 Å². The summed E-state index contributed by atoms with van der Waals surface area (Å²) < 4.78 is 0. The van der Waals surface area contributed by atoms with E-state index in [9.17, 15) is 0 Å². The monoisotopic (exact) mass is 268 g/mol. The third-order valence-electron chi connectivity index (χ3n) is 3.72. The predicted molar refractivity (Wildman–Crippen MR) is 83.7 cm³/mol. The molecule has 0 saturated carbocycles.